The largest absolute Gasteiger partial charge is 0.338 e. The second-order valence-electron chi connectivity index (χ2n) is 7.60. The number of urea groups is 1. The number of benzene rings is 1. The molecule has 0 spiro atoms. The van der Waals surface area contributed by atoms with Gasteiger partial charge in [0.1, 0.15) is 0 Å². The molecule has 0 aliphatic carbocycles. The number of carbonyl (C=O) groups is 2. The molecular weight excluding hydrogens is 326 g/mol. The minimum Gasteiger partial charge on any atom is -0.338 e. The van der Waals surface area contributed by atoms with Gasteiger partial charge in [0.25, 0.3) is 0 Å². The lowest BCUT2D eigenvalue weighted by atomic mass is 9.96. The highest BCUT2D eigenvalue weighted by atomic mass is 16.2. The summed E-state index contributed by atoms with van der Waals surface area (Å²) in [6, 6.07) is 7.99. The first-order valence-electron chi connectivity index (χ1n) is 9.66. The maximum atomic E-state index is 13.2. The van der Waals surface area contributed by atoms with Gasteiger partial charge in [-0.2, -0.15) is 0 Å². The number of amides is 3. The van der Waals surface area contributed by atoms with E-state index >= 15 is 0 Å². The predicted octanol–water partition coefficient (Wildman–Crippen LogP) is 3.51. The lowest BCUT2D eigenvalue weighted by Crippen LogP contribution is -2.50. The van der Waals surface area contributed by atoms with Crippen molar-refractivity contribution in [3.05, 3.63) is 35.9 Å². The third kappa shape index (κ3) is 4.26. The van der Waals surface area contributed by atoms with Crippen molar-refractivity contribution >= 4 is 23.7 Å². The van der Waals surface area contributed by atoms with Gasteiger partial charge in [-0.05, 0) is 36.8 Å². The van der Waals surface area contributed by atoms with Gasteiger partial charge in [0.05, 0.1) is 11.6 Å². The van der Waals surface area contributed by atoms with Gasteiger partial charge in [-0.3, -0.25) is 4.79 Å². The zero-order chi connectivity index (χ0) is 18.5. The molecule has 0 radical (unpaired) electrons. The average Bonchev–Trinajstić information content (AvgIpc) is 2.88. The van der Waals surface area contributed by atoms with Crippen LogP contribution < -0.4 is 10.2 Å². The second kappa shape index (κ2) is 8.39. The molecule has 1 atom stereocenters. The van der Waals surface area contributed by atoms with E-state index in [4.69, 9.17) is 0 Å². The Morgan fingerprint density at radius 2 is 2.04 bits per heavy atom. The van der Waals surface area contributed by atoms with Gasteiger partial charge in [0, 0.05) is 26.2 Å². The molecular formula is C21H29N3O2. The summed E-state index contributed by atoms with van der Waals surface area (Å²) in [7, 11) is 0. The number of rotatable bonds is 3. The summed E-state index contributed by atoms with van der Waals surface area (Å²) in [6.45, 7) is 6.75. The first kappa shape index (κ1) is 18.5. The van der Waals surface area contributed by atoms with E-state index in [-0.39, 0.29) is 17.9 Å². The molecule has 26 heavy (non-hydrogen) atoms. The molecule has 0 saturated carbocycles. The van der Waals surface area contributed by atoms with E-state index in [0.717, 1.165) is 37.1 Å². The molecule has 1 fully saturated rings. The summed E-state index contributed by atoms with van der Waals surface area (Å²) in [5, 5.41) is 2.97. The van der Waals surface area contributed by atoms with E-state index in [1.807, 2.05) is 29.2 Å². The molecule has 1 aromatic rings. The first-order valence-corrected chi connectivity index (χ1v) is 9.66. The number of hydrogen-bond acceptors (Lipinski definition) is 2. The topological polar surface area (TPSA) is 52.7 Å². The Morgan fingerprint density at radius 3 is 2.85 bits per heavy atom. The highest BCUT2D eigenvalue weighted by Crippen LogP contribution is 2.28. The van der Waals surface area contributed by atoms with Gasteiger partial charge in [0.2, 0.25) is 5.91 Å². The number of hydrogen-bond donors (Lipinski definition) is 1. The lowest BCUT2D eigenvalue weighted by molar-refractivity contribution is -0.123. The van der Waals surface area contributed by atoms with Gasteiger partial charge in [-0.15, -0.1) is 0 Å². The molecule has 140 valence electrons. The Balaban J connectivity index is 1.69. The molecule has 1 aromatic carbocycles. The Hall–Kier alpha value is -2.30. The lowest BCUT2D eigenvalue weighted by Gasteiger charge is -2.35. The van der Waals surface area contributed by atoms with Gasteiger partial charge in [0.15, 0.2) is 0 Å². The highest BCUT2D eigenvalue weighted by Gasteiger charge is 2.32. The average molecular weight is 355 g/mol. The molecule has 1 saturated heterocycles. The number of para-hydroxylation sites is 1. The van der Waals surface area contributed by atoms with Gasteiger partial charge in [-0.25, -0.2) is 4.79 Å². The smallest absolute Gasteiger partial charge is 0.317 e. The van der Waals surface area contributed by atoms with Crippen LogP contribution in [0.5, 0.6) is 0 Å². The number of anilines is 1. The molecule has 2 heterocycles. The summed E-state index contributed by atoms with van der Waals surface area (Å²) in [5.74, 6) is 0.435. The number of nitrogens with zero attached hydrogens (tertiary/aromatic N) is 2. The van der Waals surface area contributed by atoms with Crippen molar-refractivity contribution in [3.8, 4) is 0 Å². The number of carbonyl (C=O) groups excluding carboxylic acids is 2. The van der Waals surface area contributed by atoms with E-state index in [2.05, 4.69) is 31.3 Å². The summed E-state index contributed by atoms with van der Waals surface area (Å²) >= 11 is 0. The van der Waals surface area contributed by atoms with Crippen LogP contribution in [0.15, 0.2) is 30.3 Å². The van der Waals surface area contributed by atoms with E-state index in [9.17, 15) is 9.59 Å². The minimum absolute atomic E-state index is 0.0471. The zero-order valence-corrected chi connectivity index (χ0v) is 15.8. The van der Waals surface area contributed by atoms with Crippen LogP contribution >= 0.6 is 0 Å². The maximum Gasteiger partial charge on any atom is 0.317 e. The number of nitrogens with one attached hydrogen (secondary N) is 1. The number of fused-ring (bicyclic) bond motifs is 1. The van der Waals surface area contributed by atoms with Crippen LogP contribution in [0.25, 0.3) is 6.08 Å². The Kier molecular flexibility index (Phi) is 5.96. The summed E-state index contributed by atoms with van der Waals surface area (Å²) in [4.78, 5) is 29.3. The number of likely N-dealkylation sites (tertiary alicyclic amines) is 1. The Morgan fingerprint density at radius 1 is 1.23 bits per heavy atom. The zero-order valence-electron chi connectivity index (χ0n) is 15.8. The van der Waals surface area contributed by atoms with E-state index in [0.29, 0.717) is 25.6 Å². The normalized spacial score (nSPS) is 19.9. The van der Waals surface area contributed by atoms with Crippen LogP contribution in [0.4, 0.5) is 10.5 Å². The highest BCUT2D eigenvalue weighted by molar-refractivity contribution is 5.97. The van der Waals surface area contributed by atoms with Crippen LogP contribution in [0.1, 0.15) is 38.7 Å². The molecule has 3 amide bonds. The van der Waals surface area contributed by atoms with Crippen molar-refractivity contribution in [2.45, 2.75) is 33.1 Å². The van der Waals surface area contributed by atoms with Crippen molar-refractivity contribution in [1.29, 1.82) is 0 Å². The van der Waals surface area contributed by atoms with Crippen molar-refractivity contribution in [1.82, 2.24) is 10.2 Å². The number of piperidine rings is 1. The van der Waals surface area contributed by atoms with E-state index < -0.39 is 0 Å². The molecule has 0 aromatic heterocycles. The molecule has 5 nitrogen and oxygen atoms in total. The maximum absolute atomic E-state index is 13.2. The van der Waals surface area contributed by atoms with E-state index in [1.54, 1.807) is 4.90 Å². The van der Waals surface area contributed by atoms with Crippen molar-refractivity contribution in [2.75, 3.05) is 31.1 Å². The Bertz CT molecular complexity index is 684. The molecule has 1 unspecified atom stereocenters. The van der Waals surface area contributed by atoms with Crippen molar-refractivity contribution in [2.24, 2.45) is 11.8 Å². The minimum atomic E-state index is -0.125. The van der Waals surface area contributed by atoms with E-state index in [1.165, 1.54) is 0 Å². The van der Waals surface area contributed by atoms with Gasteiger partial charge in [-0.1, -0.05) is 44.2 Å². The van der Waals surface area contributed by atoms with Crippen LogP contribution in [0.3, 0.4) is 0 Å². The Labute approximate surface area is 156 Å². The van der Waals surface area contributed by atoms with Crippen LogP contribution in [0, 0.1) is 11.8 Å². The molecule has 0 bridgehead atoms. The standard InChI is InChI=1S/C21H29N3O2/c1-16(2)14-22-21(26)23-12-7-10-18(15-23)20(25)24-13-6-5-9-17-8-3-4-11-19(17)24/h3-5,8-9,11,16,18H,6-7,10,12-15H2,1-2H3,(H,22,26). The fourth-order valence-corrected chi connectivity index (χ4v) is 3.62. The van der Waals surface area contributed by atoms with Gasteiger partial charge < -0.3 is 15.1 Å². The van der Waals surface area contributed by atoms with Crippen LogP contribution in [-0.4, -0.2) is 43.0 Å². The van der Waals surface area contributed by atoms with Crippen molar-refractivity contribution < 1.29 is 9.59 Å². The first-order chi connectivity index (χ1) is 12.6. The SMILES string of the molecule is CC(C)CNC(=O)N1CCCC(C(=O)N2CCC=Cc3ccccc32)C1. The molecule has 3 rings (SSSR count). The van der Waals surface area contributed by atoms with Crippen LogP contribution in [-0.2, 0) is 4.79 Å². The molecule has 1 N–H and O–H groups in total. The van der Waals surface area contributed by atoms with Gasteiger partial charge >= 0.3 is 6.03 Å². The molecule has 5 heteroatoms. The third-order valence-corrected chi connectivity index (χ3v) is 5.03. The monoisotopic (exact) mass is 355 g/mol. The molecule has 2 aliphatic rings. The van der Waals surface area contributed by atoms with Crippen molar-refractivity contribution in [3.63, 3.8) is 0 Å². The fourth-order valence-electron chi connectivity index (χ4n) is 3.62. The van der Waals surface area contributed by atoms with Crippen LogP contribution in [0.2, 0.25) is 0 Å². The molecule has 2 aliphatic heterocycles. The summed E-state index contributed by atoms with van der Waals surface area (Å²) in [5.41, 5.74) is 2.06. The summed E-state index contributed by atoms with van der Waals surface area (Å²) in [6.07, 6.45) is 6.79. The fraction of sp³-hybridized carbons (Fsp3) is 0.524. The quantitative estimate of drug-likeness (QED) is 0.902. The second-order valence-corrected chi connectivity index (χ2v) is 7.60. The predicted molar refractivity (Wildman–Crippen MR) is 105 cm³/mol. The summed E-state index contributed by atoms with van der Waals surface area (Å²) < 4.78 is 0. The third-order valence-electron chi connectivity index (χ3n) is 5.03.